The second kappa shape index (κ2) is 5.37. The molecule has 4 fully saturated rings. The first-order valence-corrected chi connectivity index (χ1v) is 9.35. The molecule has 4 aliphatic rings. The summed E-state index contributed by atoms with van der Waals surface area (Å²) in [7, 11) is 0. The van der Waals surface area contributed by atoms with Crippen LogP contribution in [-0.2, 0) is 13.0 Å². The van der Waals surface area contributed by atoms with Gasteiger partial charge >= 0.3 is 0 Å². The van der Waals surface area contributed by atoms with Crippen LogP contribution in [0, 0.1) is 23.1 Å². The van der Waals surface area contributed by atoms with Gasteiger partial charge in [0, 0.05) is 6.42 Å². The van der Waals surface area contributed by atoms with Crippen molar-refractivity contribution < 1.29 is 9.50 Å². The topological polar surface area (TPSA) is 50.9 Å². The molecule has 0 amide bonds. The van der Waals surface area contributed by atoms with Crippen LogP contribution in [0.4, 0.5) is 4.39 Å². The number of halogens is 1. The van der Waals surface area contributed by atoms with Gasteiger partial charge in [-0.3, -0.25) is 0 Å². The van der Waals surface area contributed by atoms with Gasteiger partial charge in [0.25, 0.3) is 0 Å². The van der Waals surface area contributed by atoms with E-state index < -0.39 is 5.60 Å². The number of hydrogen-bond donors (Lipinski definition) is 1. The second-order valence-corrected chi connectivity index (χ2v) is 8.82. The standard InChI is InChI=1S/C20H24FN3O/c21-17-3-1-14(2-4-17)11-24-18(22-13-23-24)10-19-6-15-5-16(7-19)9-20(25,8-15)12-19/h1-4,13,15-16,25H,5-12H2. The molecule has 5 heteroatoms. The van der Waals surface area contributed by atoms with Crippen molar-refractivity contribution in [1.82, 2.24) is 14.8 Å². The van der Waals surface area contributed by atoms with Gasteiger partial charge in [0.15, 0.2) is 0 Å². The summed E-state index contributed by atoms with van der Waals surface area (Å²) in [5.41, 5.74) is 0.774. The van der Waals surface area contributed by atoms with E-state index in [1.807, 2.05) is 4.68 Å². The number of nitrogens with zero attached hydrogens (tertiary/aromatic N) is 3. The van der Waals surface area contributed by atoms with Gasteiger partial charge in [-0.2, -0.15) is 5.10 Å². The summed E-state index contributed by atoms with van der Waals surface area (Å²) in [4.78, 5) is 4.52. The predicted octanol–water partition coefficient (Wildman–Crippen LogP) is 3.34. The Hall–Kier alpha value is -1.75. The summed E-state index contributed by atoms with van der Waals surface area (Å²) in [5.74, 6) is 2.14. The highest BCUT2D eigenvalue weighted by molar-refractivity contribution is 5.17. The molecule has 0 aliphatic heterocycles. The molecule has 0 saturated heterocycles. The lowest BCUT2D eigenvalue weighted by molar-refractivity contribution is -0.163. The zero-order valence-corrected chi connectivity index (χ0v) is 14.4. The third-order valence-electron chi connectivity index (χ3n) is 6.63. The molecule has 2 atom stereocenters. The van der Waals surface area contributed by atoms with E-state index in [1.165, 1.54) is 31.4 Å². The molecule has 4 saturated carbocycles. The van der Waals surface area contributed by atoms with Crippen LogP contribution in [0.2, 0.25) is 0 Å². The lowest BCUT2D eigenvalue weighted by Gasteiger charge is -2.60. The van der Waals surface area contributed by atoms with Crippen molar-refractivity contribution >= 4 is 0 Å². The maximum atomic E-state index is 13.1. The third-order valence-corrected chi connectivity index (χ3v) is 6.63. The van der Waals surface area contributed by atoms with Crippen LogP contribution in [0.5, 0.6) is 0 Å². The van der Waals surface area contributed by atoms with Gasteiger partial charge in [0.05, 0.1) is 12.1 Å². The third kappa shape index (κ3) is 2.78. The van der Waals surface area contributed by atoms with Gasteiger partial charge in [0.1, 0.15) is 18.0 Å². The summed E-state index contributed by atoms with van der Waals surface area (Å²) in [6, 6.07) is 6.57. The summed E-state index contributed by atoms with van der Waals surface area (Å²) in [6.07, 6.45) is 9.14. The van der Waals surface area contributed by atoms with Crippen LogP contribution in [0.15, 0.2) is 30.6 Å². The fourth-order valence-corrected chi connectivity index (χ4v) is 6.26. The van der Waals surface area contributed by atoms with Crippen molar-refractivity contribution in [2.24, 2.45) is 17.3 Å². The van der Waals surface area contributed by atoms with Crippen molar-refractivity contribution in [2.45, 2.75) is 57.1 Å². The molecule has 1 heterocycles. The minimum Gasteiger partial charge on any atom is -0.390 e. The zero-order chi connectivity index (χ0) is 17.1. The normalized spacial score (nSPS) is 36.1. The van der Waals surface area contributed by atoms with Crippen LogP contribution in [0.25, 0.3) is 0 Å². The number of rotatable bonds is 4. The molecule has 4 bridgehead atoms. The van der Waals surface area contributed by atoms with Crippen LogP contribution in [-0.4, -0.2) is 25.5 Å². The number of aromatic nitrogens is 3. The van der Waals surface area contributed by atoms with Crippen LogP contribution in [0.1, 0.15) is 49.9 Å². The van der Waals surface area contributed by atoms with Crippen LogP contribution in [0.3, 0.4) is 0 Å². The highest BCUT2D eigenvalue weighted by atomic mass is 19.1. The van der Waals surface area contributed by atoms with Crippen molar-refractivity contribution in [3.05, 3.63) is 47.8 Å². The molecule has 6 rings (SSSR count). The number of benzene rings is 1. The Labute approximate surface area is 147 Å². The Balaban J connectivity index is 1.38. The highest BCUT2D eigenvalue weighted by Gasteiger charge is 2.57. The lowest BCUT2D eigenvalue weighted by atomic mass is 9.47. The maximum absolute atomic E-state index is 13.1. The number of hydrogen-bond acceptors (Lipinski definition) is 3. The first-order chi connectivity index (χ1) is 12.0. The number of aliphatic hydroxyl groups is 1. The van der Waals surface area contributed by atoms with Gasteiger partial charge in [-0.25, -0.2) is 14.1 Å². The molecule has 0 radical (unpaired) electrons. The molecule has 2 unspecified atom stereocenters. The maximum Gasteiger partial charge on any atom is 0.138 e. The van der Waals surface area contributed by atoms with Gasteiger partial charge in [-0.05, 0) is 73.5 Å². The average molecular weight is 341 g/mol. The molecule has 4 nitrogen and oxygen atoms in total. The summed E-state index contributed by atoms with van der Waals surface area (Å²) >= 11 is 0. The van der Waals surface area contributed by atoms with Gasteiger partial charge in [0.2, 0.25) is 0 Å². The largest absolute Gasteiger partial charge is 0.390 e. The first-order valence-electron chi connectivity index (χ1n) is 9.35. The first kappa shape index (κ1) is 15.5. The van der Waals surface area contributed by atoms with Crippen molar-refractivity contribution in [1.29, 1.82) is 0 Å². The van der Waals surface area contributed by atoms with Gasteiger partial charge in [-0.1, -0.05) is 12.1 Å². The van der Waals surface area contributed by atoms with E-state index in [2.05, 4.69) is 10.1 Å². The zero-order valence-electron chi connectivity index (χ0n) is 14.4. The Kier molecular flexibility index (Phi) is 3.33. The fraction of sp³-hybridized carbons (Fsp3) is 0.600. The monoisotopic (exact) mass is 341 g/mol. The van der Waals surface area contributed by atoms with Crippen LogP contribution >= 0.6 is 0 Å². The predicted molar refractivity (Wildman–Crippen MR) is 91.3 cm³/mol. The minimum absolute atomic E-state index is 0.187. The van der Waals surface area contributed by atoms with Crippen molar-refractivity contribution in [3.8, 4) is 0 Å². The Morgan fingerprint density at radius 3 is 2.52 bits per heavy atom. The van der Waals surface area contributed by atoms with E-state index in [-0.39, 0.29) is 11.2 Å². The SMILES string of the molecule is OC12CC3CC(C1)CC(Cc1ncnn1Cc1ccc(F)cc1)(C3)C2. The molecule has 1 N–H and O–H groups in total. The van der Waals surface area contributed by atoms with Gasteiger partial charge in [-0.15, -0.1) is 0 Å². The molecular formula is C20H24FN3O. The summed E-state index contributed by atoms with van der Waals surface area (Å²) in [6.45, 7) is 0.614. The molecule has 25 heavy (non-hydrogen) atoms. The molecule has 132 valence electrons. The molecule has 4 aliphatic carbocycles. The van der Waals surface area contributed by atoms with Crippen LogP contribution < -0.4 is 0 Å². The molecule has 1 aromatic carbocycles. The van der Waals surface area contributed by atoms with Gasteiger partial charge < -0.3 is 5.11 Å². The minimum atomic E-state index is -0.439. The van der Waals surface area contributed by atoms with E-state index in [9.17, 15) is 9.50 Å². The Bertz CT molecular complexity index is 770. The fourth-order valence-electron chi connectivity index (χ4n) is 6.26. The molecular weight excluding hydrogens is 317 g/mol. The lowest BCUT2D eigenvalue weighted by Crippen LogP contribution is -2.56. The molecule has 0 spiro atoms. The quantitative estimate of drug-likeness (QED) is 0.928. The highest BCUT2D eigenvalue weighted by Crippen LogP contribution is 2.62. The molecule has 1 aromatic heterocycles. The average Bonchev–Trinajstić information content (AvgIpc) is 2.93. The Morgan fingerprint density at radius 2 is 1.84 bits per heavy atom. The second-order valence-electron chi connectivity index (χ2n) is 8.82. The van der Waals surface area contributed by atoms with E-state index in [4.69, 9.17) is 0 Å². The van der Waals surface area contributed by atoms with E-state index in [0.717, 1.165) is 37.1 Å². The van der Waals surface area contributed by atoms with E-state index in [1.54, 1.807) is 18.5 Å². The molecule has 2 aromatic rings. The van der Waals surface area contributed by atoms with Crippen molar-refractivity contribution in [2.75, 3.05) is 0 Å². The Morgan fingerprint density at radius 1 is 1.12 bits per heavy atom. The van der Waals surface area contributed by atoms with E-state index in [0.29, 0.717) is 18.4 Å². The summed E-state index contributed by atoms with van der Waals surface area (Å²) in [5, 5.41) is 15.3. The summed E-state index contributed by atoms with van der Waals surface area (Å²) < 4.78 is 15.1. The smallest absolute Gasteiger partial charge is 0.138 e. The van der Waals surface area contributed by atoms with Crippen molar-refractivity contribution in [3.63, 3.8) is 0 Å². The van der Waals surface area contributed by atoms with E-state index >= 15 is 0 Å².